The lowest BCUT2D eigenvalue weighted by molar-refractivity contribution is -0.132. The number of benzene rings is 1. The predicted octanol–water partition coefficient (Wildman–Crippen LogP) is 3.12. The van der Waals surface area contributed by atoms with Crippen LogP contribution < -0.4 is 4.90 Å². The van der Waals surface area contributed by atoms with Crippen LogP contribution in [0.5, 0.6) is 0 Å². The second kappa shape index (κ2) is 7.32. The summed E-state index contributed by atoms with van der Waals surface area (Å²) in [7, 11) is 0. The predicted molar refractivity (Wildman–Crippen MR) is 105 cm³/mol. The number of aromatic nitrogens is 3. The molecule has 3 aromatic rings. The number of Topliss-reactive ketones (excluding diaryl/α,β-unsaturated/α-hetero) is 1. The van der Waals surface area contributed by atoms with E-state index >= 15 is 0 Å². The third-order valence-electron chi connectivity index (χ3n) is 4.46. The molecule has 0 spiro atoms. The van der Waals surface area contributed by atoms with Gasteiger partial charge in [0.05, 0.1) is 11.6 Å². The van der Waals surface area contributed by atoms with E-state index in [1.165, 1.54) is 16.2 Å². The molecule has 1 fully saturated rings. The fourth-order valence-corrected chi connectivity index (χ4v) is 3.92. The molecule has 1 N–H and O–H groups in total. The number of nitrogens with zero attached hydrogens (tertiary/aromatic N) is 4. The molecule has 140 valence electrons. The molecule has 8 heteroatoms. The Balaban J connectivity index is 1.92. The maximum atomic E-state index is 12.9. The highest BCUT2D eigenvalue weighted by atomic mass is 32.1. The lowest BCUT2D eigenvalue weighted by Gasteiger charge is -2.22. The van der Waals surface area contributed by atoms with E-state index in [2.05, 4.69) is 15.2 Å². The molecule has 0 radical (unpaired) electrons. The molecule has 2 aromatic heterocycles. The summed E-state index contributed by atoms with van der Waals surface area (Å²) in [5.41, 5.74) is 1.07. The van der Waals surface area contributed by atoms with E-state index in [0.29, 0.717) is 22.7 Å². The Morgan fingerprint density at radius 1 is 1.14 bits per heavy atom. The van der Waals surface area contributed by atoms with Gasteiger partial charge in [0.25, 0.3) is 5.78 Å². The molecule has 1 unspecified atom stereocenters. The Morgan fingerprint density at radius 2 is 1.93 bits per heavy atom. The fourth-order valence-electron chi connectivity index (χ4n) is 3.12. The summed E-state index contributed by atoms with van der Waals surface area (Å²) >= 11 is 1.25. The summed E-state index contributed by atoms with van der Waals surface area (Å²) in [5, 5.41) is 20.1. The summed E-state index contributed by atoms with van der Waals surface area (Å²) in [6, 6.07) is 11.3. The Hall–Kier alpha value is -3.39. The Kier molecular flexibility index (Phi) is 4.70. The maximum Gasteiger partial charge on any atom is 0.301 e. The van der Waals surface area contributed by atoms with Gasteiger partial charge in [0.2, 0.25) is 5.13 Å². The quantitative estimate of drug-likeness (QED) is 0.416. The molecule has 0 aliphatic carbocycles. The minimum absolute atomic E-state index is 0.0115. The van der Waals surface area contributed by atoms with Gasteiger partial charge in [-0.3, -0.25) is 19.5 Å². The van der Waals surface area contributed by atoms with Gasteiger partial charge >= 0.3 is 5.91 Å². The van der Waals surface area contributed by atoms with Crippen LogP contribution in [0.4, 0.5) is 5.13 Å². The molecule has 1 aliphatic heterocycles. The highest BCUT2D eigenvalue weighted by Crippen LogP contribution is 2.42. The van der Waals surface area contributed by atoms with Crippen LogP contribution >= 0.6 is 11.3 Å². The molecule has 1 aliphatic rings. The molecule has 1 atom stereocenters. The van der Waals surface area contributed by atoms with Crippen LogP contribution in [-0.2, 0) is 16.0 Å². The first-order chi connectivity index (χ1) is 13.6. The molecule has 1 amide bonds. The van der Waals surface area contributed by atoms with Crippen LogP contribution in [-0.4, -0.2) is 32.0 Å². The van der Waals surface area contributed by atoms with Gasteiger partial charge in [0.1, 0.15) is 10.8 Å². The van der Waals surface area contributed by atoms with Crippen LogP contribution in [0, 0.1) is 0 Å². The number of ketones is 1. The highest BCUT2D eigenvalue weighted by Gasteiger charge is 2.48. The van der Waals surface area contributed by atoms with E-state index in [9.17, 15) is 14.7 Å². The van der Waals surface area contributed by atoms with Crippen molar-refractivity contribution in [3.8, 4) is 0 Å². The van der Waals surface area contributed by atoms with Crippen molar-refractivity contribution in [1.82, 2.24) is 15.2 Å². The van der Waals surface area contributed by atoms with E-state index in [0.717, 1.165) is 5.01 Å². The van der Waals surface area contributed by atoms with E-state index in [-0.39, 0.29) is 11.3 Å². The van der Waals surface area contributed by atoms with Gasteiger partial charge in [-0.05, 0) is 18.1 Å². The minimum atomic E-state index is -0.827. The van der Waals surface area contributed by atoms with Gasteiger partial charge in [-0.25, -0.2) is 0 Å². The van der Waals surface area contributed by atoms with Crippen molar-refractivity contribution in [1.29, 1.82) is 0 Å². The Morgan fingerprint density at radius 3 is 2.57 bits per heavy atom. The molecule has 4 rings (SSSR count). The zero-order chi connectivity index (χ0) is 19.7. The number of aryl methyl sites for hydroxylation is 1. The van der Waals surface area contributed by atoms with Gasteiger partial charge in [0.15, 0.2) is 0 Å². The zero-order valence-electron chi connectivity index (χ0n) is 14.9. The van der Waals surface area contributed by atoms with Gasteiger partial charge in [-0.15, -0.1) is 10.2 Å². The Labute approximate surface area is 165 Å². The van der Waals surface area contributed by atoms with E-state index in [1.54, 1.807) is 48.8 Å². The molecule has 7 nitrogen and oxygen atoms in total. The van der Waals surface area contributed by atoms with Crippen molar-refractivity contribution in [2.75, 3.05) is 4.90 Å². The number of anilines is 1. The summed E-state index contributed by atoms with van der Waals surface area (Å²) in [6.45, 7) is 1.94. The molecule has 1 aromatic carbocycles. The molecule has 1 saturated heterocycles. The number of carbonyl (C=O) groups is 2. The average Bonchev–Trinajstić information content (AvgIpc) is 3.31. The van der Waals surface area contributed by atoms with E-state index < -0.39 is 17.7 Å². The van der Waals surface area contributed by atoms with Gasteiger partial charge in [-0.2, -0.15) is 0 Å². The fraction of sp³-hybridized carbons (Fsp3) is 0.150. The first-order valence-corrected chi connectivity index (χ1v) is 9.52. The topological polar surface area (TPSA) is 96.3 Å². The first-order valence-electron chi connectivity index (χ1n) is 8.70. The summed E-state index contributed by atoms with van der Waals surface area (Å²) in [6.07, 6.45) is 3.85. The zero-order valence-corrected chi connectivity index (χ0v) is 15.8. The van der Waals surface area contributed by atoms with Gasteiger partial charge in [0, 0.05) is 18.0 Å². The van der Waals surface area contributed by atoms with Crippen LogP contribution in [0.15, 0.2) is 60.4 Å². The average molecular weight is 392 g/mol. The van der Waals surface area contributed by atoms with Crippen molar-refractivity contribution in [3.63, 3.8) is 0 Å². The number of hydrogen-bond acceptors (Lipinski definition) is 7. The standard InChI is InChI=1S/C20H16N4O3S/c1-2-14-22-23-20(28-14)24-16(13-9-6-10-21-11-13)15(18(26)19(24)27)17(25)12-7-4-3-5-8-12/h3-11,16,25H,2H2,1H3/b17-15+. The smallest absolute Gasteiger partial charge is 0.301 e. The second-order valence-corrected chi connectivity index (χ2v) is 7.19. The van der Waals surface area contributed by atoms with Crippen molar-refractivity contribution in [2.45, 2.75) is 19.4 Å². The van der Waals surface area contributed by atoms with Crippen LogP contribution in [0.1, 0.15) is 29.1 Å². The SMILES string of the molecule is CCc1nnc(N2C(=O)C(=O)/C(=C(/O)c3ccccc3)C2c2cccnc2)s1. The molecule has 3 heterocycles. The van der Waals surface area contributed by atoms with Crippen molar-refractivity contribution < 1.29 is 14.7 Å². The minimum Gasteiger partial charge on any atom is -0.507 e. The maximum absolute atomic E-state index is 12.9. The lowest BCUT2D eigenvalue weighted by atomic mass is 9.96. The number of rotatable bonds is 4. The third kappa shape index (κ3) is 2.97. The molecule has 28 heavy (non-hydrogen) atoms. The Bertz CT molecular complexity index is 1060. The number of carbonyl (C=O) groups excluding carboxylic acids is 2. The number of hydrogen-bond donors (Lipinski definition) is 1. The van der Waals surface area contributed by atoms with Crippen molar-refractivity contribution in [3.05, 3.63) is 76.6 Å². The number of aliphatic hydroxyl groups is 1. The number of amides is 1. The monoisotopic (exact) mass is 392 g/mol. The largest absolute Gasteiger partial charge is 0.507 e. The van der Waals surface area contributed by atoms with Gasteiger partial charge < -0.3 is 5.11 Å². The lowest BCUT2D eigenvalue weighted by Crippen LogP contribution is -2.29. The molecule has 0 bridgehead atoms. The van der Waals surface area contributed by atoms with E-state index in [4.69, 9.17) is 0 Å². The summed E-state index contributed by atoms with van der Waals surface area (Å²) in [4.78, 5) is 31.2. The van der Waals surface area contributed by atoms with Crippen LogP contribution in [0.2, 0.25) is 0 Å². The molecular weight excluding hydrogens is 376 g/mol. The first kappa shape index (κ1) is 18.0. The highest BCUT2D eigenvalue weighted by molar-refractivity contribution is 7.15. The molecular formula is C20H16N4O3S. The van der Waals surface area contributed by atoms with Crippen molar-refractivity contribution >= 4 is 33.9 Å². The summed E-state index contributed by atoms with van der Waals surface area (Å²) in [5.74, 6) is -1.73. The summed E-state index contributed by atoms with van der Waals surface area (Å²) < 4.78 is 0. The van der Waals surface area contributed by atoms with Crippen LogP contribution in [0.25, 0.3) is 5.76 Å². The van der Waals surface area contributed by atoms with Crippen molar-refractivity contribution in [2.24, 2.45) is 0 Å². The molecule has 0 saturated carbocycles. The van der Waals surface area contributed by atoms with Gasteiger partial charge in [-0.1, -0.05) is 54.7 Å². The third-order valence-corrected chi connectivity index (χ3v) is 5.52. The second-order valence-electron chi connectivity index (χ2n) is 6.15. The van der Waals surface area contributed by atoms with Crippen LogP contribution in [0.3, 0.4) is 0 Å². The normalized spacial score (nSPS) is 18.6. The number of aliphatic hydroxyl groups excluding tert-OH is 1. The number of pyridine rings is 1. The van der Waals surface area contributed by atoms with E-state index in [1.807, 2.05) is 13.0 Å².